The molecule has 0 amide bonds. The van der Waals surface area contributed by atoms with Crippen LogP contribution in [0.2, 0.25) is 5.02 Å². The number of hydrogen-bond acceptors (Lipinski definition) is 6. The average molecular weight is 428 g/mol. The molecule has 0 unspecified atom stereocenters. The Hall–Kier alpha value is -3.97. The van der Waals surface area contributed by atoms with Crippen LogP contribution in [0.15, 0.2) is 73.1 Å². The molecule has 0 radical (unpaired) electrons. The average Bonchev–Trinajstić information content (AvgIpc) is 3.22. The Morgan fingerprint density at radius 3 is 2.58 bits per heavy atom. The molecule has 5 rings (SSSR count). The van der Waals surface area contributed by atoms with Crippen LogP contribution in [0.3, 0.4) is 0 Å². The molecule has 3 N–H and O–H groups in total. The third kappa shape index (κ3) is 3.67. The first-order chi connectivity index (χ1) is 15.1. The first-order valence-electron chi connectivity index (χ1n) is 9.63. The molecule has 0 fully saturated rings. The van der Waals surface area contributed by atoms with Crippen LogP contribution in [0.25, 0.3) is 33.5 Å². The Balaban J connectivity index is 1.72. The summed E-state index contributed by atoms with van der Waals surface area (Å²) in [6.45, 7) is 0. The van der Waals surface area contributed by atoms with E-state index in [2.05, 4.69) is 20.4 Å². The molecule has 152 valence electrons. The van der Waals surface area contributed by atoms with Crippen molar-refractivity contribution in [2.45, 2.75) is 0 Å². The van der Waals surface area contributed by atoms with Gasteiger partial charge in [-0.1, -0.05) is 35.9 Å². The number of nitrogens with zero attached hydrogens (tertiary/aromatic N) is 5. The minimum Gasteiger partial charge on any atom is -0.381 e. The number of hydrogen-bond donors (Lipinski definition) is 2. The number of nitrogen functional groups attached to an aromatic ring is 1. The zero-order valence-electron chi connectivity index (χ0n) is 16.6. The van der Waals surface area contributed by atoms with Gasteiger partial charge in [-0.3, -0.25) is 9.67 Å². The van der Waals surface area contributed by atoms with Gasteiger partial charge in [0.2, 0.25) is 0 Å². The molecule has 5 aromatic rings. The lowest BCUT2D eigenvalue weighted by atomic mass is 10.0. The molecule has 2 aromatic carbocycles. The van der Waals surface area contributed by atoms with E-state index < -0.39 is 0 Å². The van der Waals surface area contributed by atoms with Gasteiger partial charge in [0.25, 0.3) is 0 Å². The lowest BCUT2D eigenvalue weighted by Gasteiger charge is -2.14. The SMILES string of the molecule is Cn1ccc(-c2nc(N)c(Nc3ccccc3)nc2-c2cc(Cl)c3ncccc3c2)n1. The lowest BCUT2D eigenvalue weighted by Crippen LogP contribution is -2.06. The number of aromatic nitrogens is 5. The van der Waals surface area contributed by atoms with E-state index in [0.717, 1.165) is 22.2 Å². The first kappa shape index (κ1) is 19.0. The summed E-state index contributed by atoms with van der Waals surface area (Å²) in [6.07, 6.45) is 3.57. The Morgan fingerprint density at radius 2 is 1.81 bits per heavy atom. The van der Waals surface area contributed by atoms with E-state index in [1.165, 1.54) is 0 Å². The third-order valence-corrected chi connectivity index (χ3v) is 5.14. The number of benzene rings is 2. The summed E-state index contributed by atoms with van der Waals surface area (Å²) in [5, 5.41) is 9.20. The van der Waals surface area contributed by atoms with Crippen molar-refractivity contribution in [3.63, 3.8) is 0 Å². The van der Waals surface area contributed by atoms with Crippen molar-refractivity contribution >= 4 is 39.8 Å². The maximum atomic E-state index is 6.54. The molecular weight excluding hydrogens is 410 g/mol. The molecule has 7 nitrogen and oxygen atoms in total. The van der Waals surface area contributed by atoms with Gasteiger partial charge in [-0.25, -0.2) is 9.97 Å². The predicted octanol–water partition coefficient (Wildman–Crippen LogP) is 5.07. The smallest absolute Gasteiger partial charge is 0.174 e. The van der Waals surface area contributed by atoms with Gasteiger partial charge < -0.3 is 11.1 Å². The molecule has 0 saturated heterocycles. The molecule has 31 heavy (non-hydrogen) atoms. The van der Waals surface area contributed by atoms with Crippen LogP contribution in [-0.2, 0) is 7.05 Å². The van der Waals surface area contributed by atoms with E-state index in [9.17, 15) is 0 Å². The second-order valence-electron chi connectivity index (χ2n) is 7.05. The summed E-state index contributed by atoms with van der Waals surface area (Å²) in [4.78, 5) is 13.9. The van der Waals surface area contributed by atoms with E-state index >= 15 is 0 Å². The van der Waals surface area contributed by atoms with Crippen LogP contribution in [0.5, 0.6) is 0 Å². The molecule has 0 aliphatic heterocycles. The fraction of sp³-hybridized carbons (Fsp3) is 0.0435. The molecular formula is C23H18ClN7. The van der Waals surface area contributed by atoms with E-state index in [1.54, 1.807) is 10.9 Å². The van der Waals surface area contributed by atoms with E-state index in [-0.39, 0.29) is 5.82 Å². The number of para-hydroxylation sites is 1. The fourth-order valence-corrected chi connectivity index (χ4v) is 3.68. The van der Waals surface area contributed by atoms with E-state index in [1.807, 2.05) is 73.9 Å². The fourth-order valence-electron chi connectivity index (χ4n) is 3.40. The number of pyridine rings is 1. The van der Waals surface area contributed by atoms with Gasteiger partial charge in [0.15, 0.2) is 11.6 Å². The second kappa shape index (κ2) is 7.70. The second-order valence-corrected chi connectivity index (χ2v) is 7.46. The molecule has 3 aromatic heterocycles. The van der Waals surface area contributed by atoms with Crippen molar-refractivity contribution in [1.29, 1.82) is 0 Å². The zero-order valence-corrected chi connectivity index (χ0v) is 17.4. The number of nitrogens with two attached hydrogens (primary N) is 1. The van der Waals surface area contributed by atoms with Crippen molar-refractivity contribution in [2.75, 3.05) is 11.1 Å². The number of nitrogens with one attached hydrogen (secondary N) is 1. The Kier molecular flexibility index (Phi) is 4.72. The first-order valence-corrected chi connectivity index (χ1v) is 10.0. The summed E-state index contributed by atoms with van der Waals surface area (Å²) in [5.41, 5.74) is 10.5. The van der Waals surface area contributed by atoms with Crippen molar-refractivity contribution in [2.24, 2.45) is 7.05 Å². The largest absolute Gasteiger partial charge is 0.381 e. The maximum absolute atomic E-state index is 6.54. The minimum absolute atomic E-state index is 0.279. The Bertz CT molecular complexity index is 1400. The summed E-state index contributed by atoms with van der Waals surface area (Å²) < 4.78 is 1.71. The van der Waals surface area contributed by atoms with Crippen molar-refractivity contribution in [1.82, 2.24) is 24.7 Å². The number of fused-ring (bicyclic) bond motifs is 1. The van der Waals surface area contributed by atoms with Gasteiger partial charge in [0.05, 0.1) is 10.5 Å². The molecule has 0 atom stereocenters. The summed E-state index contributed by atoms with van der Waals surface area (Å²) in [6, 6.07) is 19.2. The number of aryl methyl sites for hydroxylation is 1. The monoisotopic (exact) mass is 427 g/mol. The highest BCUT2D eigenvalue weighted by Crippen LogP contribution is 2.35. The van der Waals surface area contributed by atoms with Gasteiger partial charge in [0.1, 0.15) is 17.1 Å². The number of halogens is 1. The number of anilines is 3. The Labute approximate surface area is 183 Å². The van der Waals surface area contributed by atoms with Crippen LogP contribution in [0.4, 0.5) is 17.3 Å². The van der Waals surface area contributed by atoms with E-state index in [4.69, 9.17) is 22.3 Å². The molecule has 0 bridgehead atoms. The van der Waals surface area contributed by atoms with Crippen molar-refractivity contribution in [3.8, 4) is 22.6 Å². The molecule has 0 spiro atoms. The summed E-state index contributed by atoms with van der Waals surface area (Å²) in [5.74, 6) is 0.741. The topological polar surface area (TPSA) is 94.5 Å². The summed E-state index contributed by atoms with van der Waals surface area (Å²) in [7, 11) is 1.85. The number of rotatable bonds is 4. The lowest BCUT2D eigenvalue weighted by molar-refractivity contribution is 0.770. The highest BCUT2D eigenvalue weighted by molar-refractivity contribution is 6.35. The zero-order chi connectivity index (χ0) is 21.4. The van der Waals surface area contributed by atoms with Crippen LogP contribution < -0.4 is 11.1 Å². The molecule has 0 aliphatic carbocycles. The van der Waals surface area contributed by atoms with Crippen molar-refractivity contribution < 1.29 is 0 Å². The van der Waals surface area contributed by atoms with Crippen LogP contribution >= 0.6 is 11.6 Å². The minimum atomic E-state index is 0.279. The molecule has 8 heteroatoms. The quantitative estimate of drug-likeness (QED) is 0.415. The standard InChI is InChI=1S/C23H18ClN7/c1-31-11-9-18(30-31)21-20(15-12-14-6-5-10-26-19(14)17(24)13-15)29-23(22(25)28-21)27-16-7-3-2-4-8-16/h2-13H,1H3,(H2,25,28)(H,27,29). The van der Waals surface area contributed by atoms with Crippen LogP contribution in [-0.4, -0.2) is 24.7 Å². The Morgan fingerprint density at radius 1 is 0.968 bits per heavy atom. The van der Waals surface area contributed by atoms with E-state index in [0.29, 0.717) is 27.9 Å². The van der Waals surface area contributed by atoms with Gasteiger partial charge >= 0.3 is 0 Å². The predicted molar refractivity (Wildman–Crippen MR) is 124 cm³/mol. The van der Waals surface area contributed by atoms with Gasteiger partial charge in [-0.05, 0) is 36.4 Å². The van der Waals surface area contributed by atoms with Crippen LogP contribution in [0, 0.1) is 0 Å². The molecule has 0 aliphatic rings. The van der Waals surface area contributed by atoms with Crippen LogP contribution in [0.1, 0.15) is 0 Å². The highest BCUT2D eigenvalue weighted by Gasteiger charge is 2.19. The molecule has 0 saturated carbocycles. The van der Waals surface area contributed by atoms with Gasteiger partial charge in [0, 0.05) is 36.1 Å². The van der Waals surface area contributed by atoms with Crippen molar-refractivity contribution in [3.05, 3.63) is 78.1 Å². The highest BCUT2D eigenvalue weighted by atomic mass is 35.5. The van der Waals surface area contributed by atoms with Gasteiger partial charge in [-0.2, -0.15) is 5.10 Å². The van der Waals surface area contributed by atoms with Gasteiger partial charge in [-0.15, -0.1) is 0 Å². The molecule has 3 heterocycles. The summed E-state index contributed by atoms with van der Waals surface area (Å²) >= 11 is 6.54. The third-order valence-electron chi connectivity index (χ3n) is 4.85. The normalized spacial score (nSPS) is 11.0. The maximum Gasteiger partial charge on any atom is 0.174 e.